The van der Waals surface area contributed by atoms with Crippen LogP contribution in [0.15, 0.2) is 90.0 Å². The van der Waals surface area contributed by atoms with Gasteiger partial charge in [-0.25, -0.2) is 4.98 Å². The van der Waals surface area contributed by atoms with E-state index in [4.69, 9.17) is 21.1 Å². The van der Waals surface area contributed by atoms with E-state index in [1.165, 1.54) is 0 Å². The highest BCUT2D eigenvalue weighted by molar-refractivity contribution is 7.77. The first kappa shape index (κ1) is 26.5. The fraction of sp³-hybridized carbons (Fsp3) is 0.154. The molecule has 0 spiro atoms. The normalized spacial score (nSPS) is 10.4. The summed E-state index contributed by atoms with van der Waals surface area (Å²) in [6.45, 7) is 4.80. The number of nitrogens with zero attached hydrogens (tertiary/aromatic N) is 2. The average molecular weight is 478 g/mol. The summed E-state index contributed by atoms with van der Waals surface area (Å²) in [7, 11) is 0. The summed E-state index contributed by atoms with van der Waals surface area (Å²) in [5.41, 5.74) is 9.30. The van der Waals surface area contributed by atoms with Crippen molar-refractivity contribution in [2.75, 3.05) is 0 Å². The smallest absolute Gasteiger partial charge is 0.150 e. The Bertz CT molecular complexity index is 1200. The molecular formula is C26H31N5O2S. The van der Waals surface area contributed by atoms with Gasteiger partial charge >= 0.3 is 0 Å². The van der Waals surface area contributed by atoms with Crippen LogP contribution in [0.2, 0.25) is 0 Å². The third-order valence-corrected chi connectivity index (χ3v) is 4.62. The third-order valence-electron chi connectivity index (χ3n) is 4.62. The first-order valence-electron chi connectivity index (χ1n) is 10.8. The lowest BCUT2D eigenvalue weighted by molar-refractivity contribution is 0.293. The van der Waals surface area contributed by atoms with E-state index in [-0.39, 0.29) is 5.84 Å². The van der Waals surface area contributed by atoms with Crippen molar-refractivity contribution in [1.29, 1.82) is 0 Å². The molecule has 7 nitrogen and oxygen atoms in total. The number of amidine groups is 1. The molecule has 34 heavy (non-hydrogen) atoms. The molecule has 0 saturated heterocycles. The molecule has 3 aromatic carbocycles. The first-order valence-corrected chi connectivity index (χ1v) is 11.3. The van der Waals surface area contributed by atoms with E-state index in [0.717, 1.165) is 33.5 Å². The first-order chi connectivity index (χ1) is 16.7. The minimum absolute atomic E-state index is 0.262. The summed E-state index contributed by atoms with van der Waals surface area (Å²) in [5.74, 6) is 6.95. The number of fused-ring (bicyclic) bond motifs is 1. The Labute approximate surface area is 206 Å². The molecule has 8 heteroatoms. The highest BCUT2D eigenvalue weighted by Gasteiger charge is 2.04. The number of hydrogen-bond donors (Lipinski definition) is 4. The molecule has 0 aliphatic rings. The van der Waals surface area contributed by atoms with Crippen molar-refractivity contribution in [2.24, 2.45) is 21.8 Å². The fourth-order valence-electron chi connectivity index (χ4n) is 3.06. The van der Waals surface area contributed by atoms with E-state index < -0.39 is 0 Å². The van der Waals surface area contributed by atoms with Crippen LogP contribution in [0, 0.1) is 0 Å². The zero-order valence-electron chi connectivity index (χ0n) is 19.4. The Morgan fingerprint density at radius 1 is 0.824 bits per heavy atom. The van der Waals surface area contributed by atoms with E-state index in [1.807, 2.05) is 86.6 Å². The van der Waals surface area contributed by atoms with Crippen LogP contribution in [0.4, 0.5) is 0 Å². The number of rotatable bonds is 7. The molecule has 4 aromatic rings. The van der Waals surface area contributed by atoms with Crippen molar-refractivity contribution in [3.05, 3.63) is 102 Å². The molecule has 0 saturated carbocycles. The molecule has 0 bridgehead atoms. The van der Waals surface area contributed by atoms with Gasteiger partial charge in [-0.05, 0) is 42.0 Å². The molecule has 4 rings (SSSR count). The third kappa shape index (κ3) is 7.68. The number of aromatic nitrogens is 1. The maximum absolute atomic E-state index is 5.93. The van der Waals surface area contributed by atoms with Gasteiger partial charge in [-0.15, -0.1) is 12.8 Å². The zero-order valence-corrected chi connectivity index (χ0v) is 20.3. The predicted molar refractivity (Wildman–Crippen MR) is 143 cm³/mol. The van der Waals surface area contributed by atoms with Crippen molar-refractivity contribution < 1.29 is 9.47 Å². The van der Waals surface area contributed by atoms with Gasteiger partial charge < -0.3 is 21.1 Å². The number of para-hydroxylation sites is 1. The Hall–Kier alpha value is -3.75. The molecule has 0 amide bonds. The van der Waals surface area contributed by atoms with Crippen LogP contribution in [0.1, 0.15) is 30.7 Å². The van der Waals surface area contributed by atoms with Gasteiger partial charge in [0.1, 0.15) is 30.5 Å². The monoisotopic (exact) mass is 477 g/mol. The standard InChI is InChI=1S/C24H22N4O2.C2H6.H3NS/c25-24(28-26)19-7-4-9-22(14-19)29-15-17-5-3-8-21(13-17)30-16-20-12-11-18-6-1-2-10-23(18)27-20;2*1-2/h1-14H,15-16,26H2,(H2,25,28);1-2H3;2H,1H2. The van der Waals surface area contributed by atoms with Crippen LogP contribution in [-0.4, -0.2) is 10.8 Å². The molecule has 0 radical (unpaired) electrons. The average Bonchev–Trinajstić information content (AvgIpc) is 2.93. The lowest BCUT2D eigenvalue weighted by atomic mass is 10.2. The number of hydrazone groups is 1. The van der Waals surface area contributed by atoms with Crippen LogP contribution >= 0.6 is 12.8 Å². The van der Waals surface area contributed by atoms with Crippen LogP contribution < -0.4 is 26.2 Å². The van der Waals surface area contributed by atoms with E-state index in [2.05, 4.69) is 34.1 Å². The number of benzene rings is 3. The Morgan fingerprint density at radius 3 is 2.26 bits per heavy atom. The van der Waals surface area contributed by atoms with E-state index >= 15 is 0 Å². The van der Waals surface area contributed by atoms with Gasteiger partial charge in [0.15, 0.2) is 0 Å². The maximum atomic E-state index is 5.93. The topological polar surface area (TPSA) is 122 Å². The summed E-state index contributed by atoms with van der Waals surface area (Å²) in [6, 6.07) is 27.2. The second-order valence-electron chi connectivity index (χ2n) is 6.76. The number of nitrogens with two attached hydrogens (primary N) is 3. The molecule has 0 aliphatic carbocycles. The maximum Gasteiger partial charge on any atom is 0.150 e. The number of thiol groups is 1. The molecule has 0 unspecified atom stereocenters. The quantitative estimate of drug-likeness (QED) is 0.0998. The molecule has 6 N–H and O–H groups in total. The molecular weight excluding hydrogens is 446 g/mol. The molecule has 1 heterocycles. The number of pyridine rings is 1. The lowest BCUT2D eigenvalue weighted by Gasteiger charge is -2.10. The van der Waals surface area contributed by atoms with E-state index in [9.17, 15) is 0 Å². The highest BCUT2D eigenvalue weighted by Crippen LogP contribution is 2.19. The number of hydrogen-bond acceptors (Lipinski definition) is 7. The van der Waals surface area contributed by atoms with E-state index in [1.54, 1.807) is 6.07 Å². The van der Waals surface area contributed by atoms with Crippen molar-refractivity contribution in [3.63, 3.8) is 0 Å². The fourth-order valence-corrected chi connectivity index (χ4v) is 3.06. The van der Waals surface area contributed by atoms with E-state index in [0.29, 0.717) is 19.0 Å². The summed E-state index contributed by atoms with van der Waals surface area (Å²) < 4.78 is 11.8. The summed E-state index contributed by atoms with van der Waals surface area (Å²) in [4.78, 5) is 4.64. The number of ether oxygens (including phenoxy) is 2. The predicted octanol–water partition coefficient (Wildman–Crippen LogP) is 4.79. The van der Waals surface area contributed by atoms with Crippen molar-refractivity contribution in [1.82, 2.24) is 4.98 Å². The van der Waals surface area contributed by atoms with Crippen LogP contribution in [-0.2, 0) is 13.2 Å². The largest absolute Gasteiger partial charge is 0.489 e. The van der Waals surface area contributed by atoms with Gasteiger partial charge in [0.05, 0.1) is 11.2 Å². The highest BCUT2D eigenvalue weighted by atomic mass is 32.1. The Kier molecular flexibility index (Phi) is 11.2. The molecule has 0 aliphatic heterocycles. The summed E-state index contributed by atoms with van der Waals surface area (Å²) in [5, 5.41) is 8.82. The van der Waals surface area contributed by atoms with Crippen LogP contribution in [0.25, 0.3) is 10.9 Å². The van der Waals surface area contributed by atoms with Crippen LogP contribution in [0.5, 0.6) is 11.5 Å². The lowest BCUT2D eigenvalue weighted by Crippen LogP contribution is -2.15. The summed E-state index contributed by atoms with van der Waals surface area (Å²) in [6.07, 6.45) is 0. The van der Waals surface area contributed by atoms with Crippen molar-refractivity contribution >= 4 is 29.6 Å². The Morgan fingerprint density at radius 2 is 1.50 bits per heavy atom. The van der Waals surface area contributed by atoms with Gasteiger partial charge in [0.2, 0.25) is 0 Å². The summed E-state index contributed by atoms with van der Waals surface area (Å²) >= 11 is 3.03. The van der Waals surface area contributed by atoms with Crippen LogP contribution in [0.3, 0.4) is 0 Å². The second-order valence-corrected chi connectivity index (χ2v) is 6.76. The van der Waals surface area contributed by atoms with Gasteiger partial charge in [-0.1, -0.05) is 62.4 Å². The zero-order chi connectivity index (χ0) is 24.8. The minimum atomic E-state index is 0.262. The SMILES string of the molecule is CC.N/N=C(\N)c1cccc(OCc2cccc(OCc3ccc4ccccc4n3)c2)c1.NS. The van der Waals surface area contributed by atoms with Gasteiger partial charge in [0.25, 0.3) is 0 Å². The van der Waals surface area contributed by atoms with Gasteiger partial charge in [-0.3, -0.25) is 5.14 Å². The second kappa shape index (κ2) is 14.4. The Balaban J connectivity index is 0.000000970. The minimum Gasteiger partial charge on any atom is -0.489 e. The molecule has 0 atom stereocenters. The van der Waals surface area contributed by atoms with Crippen molar-refractivity contribution in [2.45, 2.75) is 27.1 Å². The van der Waals surface area contributed by atoms with Gasteiger partial charge in [-0.2, -0.15) is 5.10 Å². The van der Waals surface area contributed by atoms with Crippen molar-refractivity contribution in [3.8, 4) is 11.5 Å². The molecule has 1 aromatic heterocycles. The molecule has 0 fully saturated rings. The van der Waals surface area contributed by atoms with Gasteiger partial charge in [0, 0.05) is 10.9 Å². The molecule has 178 valence electrons.